The van der Waals surface area contributed by atoms with E-state index in [0.29, 0.717) is 22.8 Å². The minimum Gasteiger partial charge on any atom is -0.493 e. The molecular formula is C19H21NO4. The van der Waals surface area contributed by atoms with Gasteiger partial charge in [-0.2, -0.15) is 0 Å². The molecule has 0 aromatic heterocycles. The summed E-state index contributed by atoms with van der Waals surface area (Å²) in [5.74, 6) is 1.72. The van der Waals surface area contributed by atoms with E-state index in [0.717, 1.165) is 12.0 Å². The summed E-state index contributed by atoms with van der Waals surface area (Å²) >= 11 is 0. The Bertz CT molecular complexity index is 744. The van der Waals surface area contributed by atoms with E-state index in [1.807, 2.05) is 37.3 Å². The van der Waals surface area contributed by atoms with Crippen LogP contribution in [0.15, 0.2) is 42.5 Å². The second kappa shape index (κ2) is 6.83. The van der Waals surface area contributed by atoms with Crippen LogP contribution in [0.2, 0.25) is 0 Å². The fourth-order valence-corrected chi connectivity index (χ4v) is 2.51. The first-order valence-corrected chi connectivity index (χ1v) is 8.03. The number of benzene rings is 2. The Morgan fingerprint density at radius 1 is 1.21 bits per heavy atom. The summed E-state index contributed by atoms with van der Waals surface area (Å²) in [6.07, 6.45) is 0.449. The molecule has 0 saturated heterocycles. The molecule has 5 nitrogen and oxygen atoms in total. The van der Waals surface area contributed by atoms with Gasteiger partial charge in [0.05, 0.1) is 18.8 Å². The summed E-state index contributed by atoms with van der Waals surface area (Å²) in [7, 11) is 1.60. The minimum absolute atomic E-state index is 0.0993. The van der Waals surface area contributed by atoms with Crippen LogP contribution < -0.4 is 19.5 Å². The van der Waals surface area contributed by atoms with Gasteiger partial charge in [-0.25, -0.2) is 0 Å². The van der Waals surface area contributed by atoms with Crippen molar-refractivity contribution in [1.29, 1.82) is 0 Å². The van der Waals surface area contributed by atoms with E-state index in [2.05, 4.69) is 12.2 Å². The van der Waals surface area contributed by atoms with Crippen LogP contribution in [0.25, 0.3) is 0 Å². The number of amides is 1. The zero-order valence-electron chi connectivity index (χ0n) is 14.0. The van der Waals surface area contributed by atoms with Gasteiger partial charge in [-0.15, -0.1) is 0 Å². The quantitative estimate of drug-likeness (QED) is 0.910. The van der Waals surface area contributed by atoms with Crippen molar-refractivity contribution in [3.63, 3.8) is 0 Å². The van der Waals surface area contributed by atoms with Crippen molar-refractivity contribution in [1.82, 2.24) is 5.32 Å². The van der Waals surface area contributed by atoms with Gasteiger partial charge in [0.15, 0.2) is 17.7 Å². The number of methoxy groups -OCH3 is 1. The Hall–Kier alpha value is -2.69. The third-order valence-electron chi connectivity index (χ3n) is 4.03. The maximum atomic E-state index is 12.2. The standard InChI is InChI=1S/C19H21NO4/c1-4-12(2)23-16-10-9-13(11-17(16)22-3)19-20-18(21)14-7-5-6-8-15(14)24-19/h5-12,19H,4H2,1-3H3,(H,20,21)/t12-,19-/m1/s1. The number of rotatable bonds is 5. The maximum absolute atomic E-state index is 12.2. The highest BCUT2D eigenvalue weighted by Gasteiger charge is 2.27. The van der Waals surface area contributed by atoms with Crippen molar-refractivity contribution >= 4 is 5.91 Å². The van der Waals surface area contributed by atoms with Crippen LogP contribution >= 0.6 is 0 Å². The summed E-state index contributed by atoms with van der Waals surface area (Å²) in [5, 5.41) is 2.85. The van der Waals surface area contributed by atoms with Crippen LogP contribution in [-0.2, 0) is 0 Å². The van der Waals surface area contributed by atoms with Crippen molar-refractivity contribution in [3.05, 3.63) is 53.6 Å². The molecule has 0 fully saturated rings. The number of carbonyl (C=O) groups is 1. The topological polar surface area (TPSA) is 56.8 Å². The summed E-state index contributed by atoms with van der Waals surface area (Å²) in [5.41, 5.74) is 1.34. The molecule has 0 aliphatic carbocycles. The Morgan fingerprint density at radius 2 is 2.00 bits per heavy atom. The summed E-state index contributed by atoms with van der Waals surface area (Å²) in [4.78, 5) is 12.2. The number of ether oxygens (including phenoxy) is 3. The molecule has 1 N–H and O–H groups in total. The van der Waals surface area contributed by atoms with Crippen LogP contribution in [0.4, 0.5) is 0 Å². The van der Waals surface area contributed by atoms with Gasteiger partial charge in [0.2, 0.25) is 0 Å². The monoisotopic (exact) mass is 327 g/mol. The molecule has 24 heavy (non-hydrogen) atoms. The third kappa shape index (κ3) is 3.15. The molecule has 1 aliphatic rings. The predicted molar refractivity (Wildman–Crippen MR) is 90.7 cm³/mol. The lowest BCUT2D eigenvalue weighted by molar-refractivity contribution is 0.0755. The van der Waals surface area contributed by atoms with Crippen molar-refractivity contribution in [2.24, 2.45) is 0 Å². The molecule has 2 aromatic rings. The lowest BCUT2D eigenvalue weighted by Gasteiger charge is -2.27. The van der Waals surface area contributed by atoms with Crippen LogP contribution in [0.3, 0.4) is 0 Å². The first-order valence-electron chi connectivity index (χ1n) is 8.03. The third-order valence-corrected chi connectivity index (χ3v) is 4.03. The highest BCUT2D eigenvalue weighted by molar-refractivity contribution is 5.98. The van der Waals surface area contributed by atoms with E-state index >= 15 is 0 Å². The van der Waals surface area contributed by atoms with Gasteiger partial charge in [-0.1, -0.05) is 19.1 Å². The Balaban J connectivity index is 1.87. The minimum atomic E-state index is -0.557. The van der Waals surface area contributed by atoms with Crippen molar-refractivity contribution in [2.75, 3.05) is 7.11 Å². The summed E-state index contributed by atoms with van der Waals surface area (Å²) in [6.45, 7) is 4.07. The Morgan fingerprint density at radius 3 is 2.75 bits per heavy atom. The number of carbonyl (C=O) groups excluding carboxylic acids is 1. The van der Waals surface area contributed by atoms with Crippen LogP contribution in [-0.4, -0.2) is 19.1 Å². The smallest absolute Gasteiger partial charge is 0.258 e. The SMILES string of the molecule is CC[C@@H](C)Oc1ccc([C@@H]2NC(=O)c3ccccc3O2)cc1OC. The summed E-state index contributed by atoms with van der Waals surface area (Å²) in [6, 6.07) is 12.7. The van der Waals surface area contributed by atoms with E-state index in [4.69, 9.17) is 14.2 Å². The fourth-order valence-electron chi connectivity index (χ4n) is 2.51. The van der Waals surface area contributed by atoms with Gasteiger partial charge >= 0.3 is 0 Å². The molecule has 0 saturated carbocycles. The van der Waals surface area contributed by atoms with Crippen LogP contribution in [0, 0.1) is 0 Å². The number of hydrogen-bond donors (Lipinski definition) is 1. The molecule has 1 aliphatic heterocycles. The second-order valence-corrected chi connectivity index (χ2v) is 5.71. The molecule has 126 valence electrons. The van der Waals surface area contributed by atoms with Crippen molar-refractivity contribution in [3.8, 4) is 17.2 Å². The average Bonchev–Trinajstić information content (AvgIpc) is 2.61. The molecule has 2 atom stereocenters. The van der Waals surface area contributed by atoms with E-state index < -0.39 is 6.23 Å². The van der Waals surface area contributed by atoms with Crippen LogP contribution in [0.1, 0.15) is 42.4 Å². The van der Waals surface area contributed by atoms with Gasteiger partial charge in [0.25, 0.3) is 5.91 Å². The number of fused-ring (bicyclic) bond motifs is 1. The van der Waals surface area contributed by atoms with Gasteiger partial charge in [0, 0.05) is 5.56 Å². The molecule has 0 unspecified atom stereocenters. The lowest BCUT2D eigenvalue weighted by atomic mass is 10.1. The largest absolute Gasteiger partial charge is 0.493 e. The van der Waals surface area contributed by atoms with Gasteiger partial charge < -0.3 is 19.5 Å². The number of hydrogen-bond acceptors (Lipinski definition) is 4. The molecule has 2 aromatic carbocycles. The molecular weight excluding hydrogens is 306 g/mol. The first-order chi connectivity index (χ1) is 11.6. The molecule has 1 amide bonds. The highest BCUT2D eigenvalue weighted by atomic mass is 16.5. The highest BCUT2D eigenvalue weighted by Crippen LogP contribution is 2.34. The molecule has 3 rings (SSSR count). The molecule has 0 spiro atoms. The average molecular weight is 327 g/mol. The van der Waals surface area contributed by atoms with Gasteiger partial charge in [-0.3, -0.25) is 4.79 Å². The first kappa shape index (κ1) is 16.2. The van der Waals surface area contributed by atoms with Crippen LogP contribution in [0.5, 0.6) is 17.2 Å². The molecule has 5 heteroatoms. The second-order valence-electron chi connectivity index (χ2n) is 5.71. The fraction of sp³-hybridized carbons (Fsp3) is 0.316. The Labute approximate surface area is 141 Å². The lowest BCUT2D eigenvalue weighted by Crippen LogP contribution is -2.36. The molecule has 1 heterocycles. The van der Waals surface area contributed by atoms with Gasteiger partial charge in [-0.05, 0) is 43.7 Å². The van der Waals surface area contributed by atoms with E-state index in [9.17, 15) is 4.79 Å². The zero-order valence-corrected chi connectivity index (χ0v) is 14.0. The molecule has 0 radical (unpaired) electrons. The predicted octanol–water partition coefficient (Wildman–Crippen LogP) is 3.69. The molecule has 0 bridgehead atoms. The van der Waals surface area contributed by atoms with Crippen molar-refractivity contribution in [2.45, 2.75) is 32.6 Å². The van der Waals surface area contributed by atoms with E-state index in [1.165, 1.54) is 0 Å². The summed E-state index contributed by atoms with van der Waals surface area (Å²) < 4.78 is 17.2. The number of nitrogens with one attached hydrogen (secondary N) is 1. The zero-order chi connectivity index (χ0) is 17.1. The van der Waals surface area contributed by atoms with Crippen molar-refractivity contribution < 1.29 is 19.0 Å². The normalized spacial score (nSPS) is 17.3. The number of para-hydroxylation sites is 1. The van der Waals surface area contributed by atoms with E-state index in [-0.39, 0.29) is 12.0 Å². The Kier molecular flexibility index (Phi) is 4.60. The maximum Gasteiger partial charge on any atom is 0.258 e. The van der Waals surface area contributed by atoms with E-state index in [1.54, 1.807) is 19.2 Å². The van der Waals surface area contributed by atoms with Gasteiger partial charge in [0.1, 0.15) is 5.75 Å².